The van der Waals surface area contributed by atoms with Gasteiger partial charge < -0.3 is 4.57 Å². The lowest BCUT2D eigenvalue weighted by atomic mass is 10.3. The molecule has 1 heterocycles. The van der Waals surface area contributed by atoms with Crippen molar-refractivity contribution in [2.24, 2.45) is 0 Å². The molecule has 2 aromatic rings. The number of halogens is 2. The first kappa shape index (κ1) is 11.7. The van der Waals surface area contributed by atoms with Gasteiger partial charge >= 0.3 is 0 Å². The summed E-state index contributed by atoms with van der Waals surface area (Å²) in [6, 6.07) is 5.84. The molecule has 0 aliphatic rings. The number of rotatable bonds is 3. The van der Waals surface area contributed by atoms with Gasteiger partial charge in [-0.25, -0.2) is 4.98 Å². The van der Waals surface area contributed by atoms with Crippen LogP contribution in [0.2, 0.25) is 5.02 Å². The van der Waals surface area contributed by atoms with Gasteiger partial charge in [0.25, 0.3) is 0 Å². The summed E-state index contributed by atoms with van der Waals surface area (Å²) in [5.41, 5.74) is 1.91. The summed E-state index contributed by atoms with van der Waals surface area (Å²) in [7, 11) is 0. The molecule has 86 valence electrons. The number of aryl methyl sites for hydroxylation is 1. The Morgan fingerprint density at radius 2 is 2.19 bits per heavy atom. The van der Waals surface area contributed by atoms with Crippen LogP contribution in [-0.4, -0.2) is 9.55 Å². The third-order valence-corrected chi connectivity index (χ3v) is 3.06. The SMILES string of the molecule is CCCn1c(C(C)Cl)nc2c(Cl)cccc21. The second kappa shape index (κ2) is 4.64. The van der Waals surface area contributed by atoms with Gasteiger partial charge in [-0.1, -0.05) is 24.6 Å². The number of benzene rings is 1. The van der Waals surface area contributed by atoms with E-state index in [0.29, 0.717) is 5.02 Å². The number of hydrogen-bond donors (Lipinski definition) is 0. The Balaban J connectivity index is 2.70. The minimum atomic E-state index is -0.102. The monoisotopic (exact) mass is 256 g/mol. The van der Waals surface area contributed by atoms with Gasteiger partial charge in [0.15, 0.2) is 0 Å². The van der Waals surface area contributed by atoms with E-state index in [9.17, 15) is 0 Å². The summed E-state index contributed by atoms with van der Waals surface area (Å²) in [5.74, 6) is 0.895. The van der Waals surface area contributed by atoms with E-state index in [1.165, 1.54) is 0 Å². The maximum Gasteiger partial charge on any atom is 0.127 e. The van der Waals surface area contributed by atoms with Gasteiger partial charge in [-0.05, 0) is 25.5 Å². The second-order valence-corrected chi connectivity index (χ2v) is 4.91. The lowest BCUT2D eigenvalue weighted by molar-refractivity contribution is 0.654. The zero-order valence-corrected chi connectivity index (χ0v) is 10.9. The summed E-state index contributed by atoms with van der Waals surface area (Å²) in [6.07, 6.45) is 1.05. The van der Waals surface area contributed by atoms with Crippen LogP contribution in [0.3, 0.4) is 0 Å². The van der Waals surface area contributed by atoms with E-state index in [1.54, 1.807) is 0 Å². The minimum absolute atomic E-state index is 0.102. The molecule has 0 saturated heterocycles. The van der Waals surface area contributed by atoms with Crippen LogP contribution in [0.5, 0.6) is 0 Å². The topological polar surface area (TPSA) is 17.8 Å². The van der Waals surface area contributed by atoms with Crippen LogP contribution in [0.1, 0.15) is 31.5 Å². The normalized spacial score (nSPS) is 13.2. The van der Waals surface area contributed by atoms with E-state index in [-0.39, 0.29) is 5.38 Å². The molecule has 0 amide bonds. The van der Waals surface area contributed by atoms with E-state index >= 15 is 0 Å². The van der Waals surface area contributed by atoms with Gasteiger partial charge in [0.1, 0.15) is 11.3 Å². The largest absolute Gasteiger partial charge is 0.327 e. The molecular formula is C12H14Cl2N2. The zero-order chi connectivity index (χ0) is 11.7. The molecule has 0 radical (unpaired) electrons. The molecule has 1 atom stereocenters. The molecule has 2 rings (SSSR count). The summed E-state index contributed by atoms with van der Waals surface area (Å²) >= 11 is 12.3. The highest BCUT2D eigenvalue weighted by Crippen LogP contribution is 2.28. The fourth-order valence-corrected chi connectivity index (χ4v) is 2.27. The van der Waals surface area contributed by atoms with Gasteiger partial charge in [0.2, 0.25) is 0 Å². The second-order valence-electron chi connectivity index (χ2n) is 3.85. The molecule has 1 unspecified atom stereocenters. The number of nitrogens with zero attached hydrogens (tertiary/aromatic N) is 2. The highest BCUT2D eigenvalue weighted by molar-refractivity contribution is 6.35. The summed E-state index contributed by atoms with van der Waals surface area (Å²) in [4.78, 5) is 4.53. The Labute approximate surface area is 105 Å². The fourth-order valence-electron chi connectivity index (χ4n) is 1.89. The van der Waals surface area contributed by atoms with Crippen LogP contribution in [0.25, 0.3) is 11.0 Å². The van der Waals surface area contributed by atoms with Crippen molar-refractivity contribution in [3.63, 3.8) is 0 Å². The first-order valence-electron chi connectivity index (χ1n) is 5.44. The molecule has 0 aliphatic heterocycles. The molecule has 0 spiro atoms. The molecule has 0 saturated carbocycles. The quantitative estimate of drug-likeness (QED) is 0.745. The van der Waals surface area contributed by atoms with Crippen LogP contribution in [0.4, 0.5) is 0 Å². The first-order chi connectivity index (χ1) is 7.65. The molecule has 0 aliphatic carbocycles. The van der Waals surface area contributed by atoms with Crippen molar-refractivity contribution < 1.29 is 0 Å². The van der Waals surface area contributed by atoms with Crippen molar-refractivity contribution in [2.45, 2.75) is 32.2 Å². The number of fused-ring (bicyclic) bond motifs is 1. The molecule has 0 bridgehead atoms. The van der Waals surface area contributed by atoms with Crippen LogP contribution < -0.4 is 0 Å². The third-order valence-electron chi connectivity index (χ3n) is 2.56. The number of hydrogen-bond acceptors (Lipinski definition) is 1. The molecule has 0 N–H and O–H groups in total. The average Bonchev–Trinajstić information content (AvgIpc) is 2.60. The minimum Gasteiger partial charge on any atom is -0.327 e. The smallest absolute Gasteiger partial charge is 0.127 e. The molecule has 1 aromatic heterocycles. The molecule has 1 aromatic carbocycles. The Kier molecular flexibility index (Phi) is 3.41. The van der Waals surface area contributed by atoms with Crippen molar-refractivity contribution in [1.82, 2.24) is 9.55 Å². The summed E-state index contributed by atoms with van der Waals surface area (Å²) in [6.45, 7) is 4.99. The van der Waals surface area contributed by atoms with Gasteiger partial charge in [-0.2, -0.15) is 0 Å². The molecule has 0 fully saturated rings. The van der Waals surface area contributed by atoms with Crippen LogP contribution >= 0.6 is 23.2 Å². The number of aromatic nitrogens is 2. The Morgan fingerprint density at radius 3 is 2.81 bits per heavy atom. The Morgan fingerprint density at radius 1 is 1.44 bits per heavy atom. The fraction of sp³-hybridized carbons (Fsp3) is 0.417. The van der Waals surface area contributed by atoms with Crippen molar-refractivity contribution in [2.75, 3.05) is 0 Å². The first-order valence-corrected chi connectivity index (χ1v) is 6.25. The highest BCUT2D eigenvalue weighted by Gasteiger charge is 2.15. The number of imidazole rings is 1. The van der Waals surface area contributed by atoms with Gasteiger partial charge in [0.05, 0.1) is 15.9 Å². The number of para-hydroxylation sites is 1. The third kappa shape index (κ3) is 1.92. The predicted octanol–water partition coefficient (Wildman–Crippen LogP) is 4.40. The van der Waals surface area contributed by atoms with E-state index < -0.39 is 0 Å². The lowest BCUT2D eigenvalue weighted by Crippen LogP contribution is -2.03. The van der Waals surface area contributed by atoms with Gasteiger partial charge in [-0.3, -0.25) is 0 Å². The molecule has 4 heteroatoms. The van der Waals surface area contributed by atoms with E-state index in [4.69, 9.17) is 23.2 Å². The lowest BCUT2D eigenvalue weighted by Gasteiger charge is -2.08. The van der Waals surface area contributed by atoms with Gasteiger partial charge in [0, 0.05) is 6.54 Å². The Bertz CT molecular complexity index is 503. The van der Waals surface area contributed by atoms with Crippen molar-refractivity contribution >= 4 is 34.2 Å². The van der Waals surface area contributed by atoms with Crippen LogP contribution in [-0.2, 0) is 6.54 Å². The van der Waals surface area contributed by atoms with E-state index in [1.807, 2.05) is 25.1 Å². The van der Waals surface area contributed by atoms with Crippen LogP contribution in [0.15, 0.2) is 18.2 Å². The maximum absolute atomic E-state index is 6.14. The Hall–Kier alpha value is -0.730. The maximum atomic E-state index is 6.14. The summed E-state index contributed by atoms with van der Waals surface area (Å²) in [5, 5.41) is 0.584. The van der Waals surface area contributed by atoms with E-state index in [0.717, 1.165) is 29.8 Å². The predicted molar refractivity (Wildman–Crippen MR) is 69.3 cm³/mol. The van der Waals surface area contributed by atoms with Crippen LogP contribution in [0, 0.1) is 0 Å². The molecular weight excluding hydrogens is 243 g/mol. The van der Waals surface area contributed by atoms with Crippen molar-refractivity contribution in [1.29, 1.82) is 0 Å². The standard InChI is InChI=1S/C12H14Cl2N2/c1-3-7-16-10-6-4-5-9(14)11(10)15-12(16)8(2)13/h4-6,8H,3,7H2,1-2H3. The highest BCUT2D eigenvalue weighted by atomic mass is 35.5. The van der Waals surface area contributed by atoms with Crippen molar-refractivity contribution in [3.05, 3.63) is 29.0 Å². The van der Waals surface area contributed by atoms with Gasteiger partial charge in [-0.15, -0.1) is 11.6 Å². The average molecular weight is 257 g/mol. The van der Waals surface area contributed by atoms with Crippen molar-refractivity contribution in [3.8, 4) is 0 Å². The molecule has 16 heavy (non-hydrogen) atoms. The molecule has 2 nitrogen and oxygen atoms in total. The zero-order valence-electron chi connectivity index (χ0n) is 9.37. The summed E-state index contributed by atoms with van der Waals surface area (Å²) < 4.78 is 2.15. The number of alkyl halides is 1. The van der Waals surface area contributed by atoms with E-state index in [2.05, 4.69) is 16.5 Å².